The smallest absolute Gasteiger partial charge is 0.225 e. The van der Waals surface area contributed by atoms with Gasteiger partial charge in [0.05, 0.1) is 12.5 Å². The van der Waals surface area contributed by atoms with Gasteiger partial charge in [0, 0.05) is 19.2 Å². The van der Waals surface area contributed by atoms with Crippen LogP contribution in [-0.2, 0) is 9.53 Å². The third-order valence-corrected chi connectivity index (χ3v) is 2.83. The van der Waals surface area contributed by atoms with E-state index in [2.05, 4.69) is 17.6 Å². The molecule has 0 aliphatic carbocycles. The van der Waals surface area contributed by atoms with Crippen molar-refractivity contribution in [1.82, 2.24) is 10.6 Å². The molecule has 3 atom stereocenters. The molecule has 0 spiro atoms. The van der Waals surface area contributed by atoms with Crippen molar-refractivity contribution in [1.29, 1.82) is 0 Å². The van der Waals surface area contributed by atoms with Gasteiger partial charge in [-0.25, -0.2) is 0 Å². The molecule has 0 bridgehead atoms. The maximum absolute atomic E-state index is 11.7. The second-order valence-electron chi connectivity index (χ2n) is 4.44. The second-order valence-corrected chi connectivity index (χ2v) is 4.44. The number of hydrogen-bond donors (Lipinski definition) is 2. The number of methoxy groups -OCH3 is 1. The summed E-state index contributed by atoms with van der Waals surface area (Å²) in [6.07, 6.45) is 2.04. The molecule has 1 fully saturated rings. The van der Waals surface area contributed by atoms with E-state index < -0.39 is 0 Å². The summed E-state index contributed by atoms with van der Waals surface area (Å²) in [5, 5.41) is 6.44. The van der Waals surface area contributed by atoms with E-state index in [1.54, 1.807) is 7.11 Å². The SMILES string of the molecule is COCC(C)C(=O)NC1CCNC(C)C1.Cl. The van der Waals surface area contributed by atoms with E-state index in [0.717, 1.165) is 19.4 Å². The van der Waals surface area contributed by atoms with Crippen LogP contribution in [0.3, 0.4) is 0 Å². The van der Waals surface area contributed by atoms with Crippen LogP contribution in [0.4, 0.5) is 0 Å². The van der Waals surface area contributed by atoms with Crippen LogP contribution in [-0.4, -0.2) is 38.3 Å². The first kappa shape index (κ1) is 15.7. The fourth-order valence-electron chi connectivity index (χ4n) is 1.93. The van der Waals surface area contributed by atoms with E-state index >= 15 is 0 Å². The Morgan fingerprint density at radius 2 is 2.31 bits per heavy atom. The molecule has 0 aromatic heterocycles. The largest absolute Gasteiger partial charge is 0.384 e. The Balaban J connectivity index is 0.00000225. The van der Waals surface area contributed by atoms with Crippen molar-refractivity contribution < 1.29 is 9.53 Å². The summed E-state index contributed by atoms with van der Waals surface area (Å²) in [5.74, 6) is 0.0520. The van der Waals surface area contributed by atoms with E-state index in [1.165, 1.54) is 0 Å². The number of amides is 1. The first-order chi connectivity index (χ1) is 7.13. The number of rotatable bonds is 4. The van der Waals surface area contributed by atoms with Gasteiger partial charge in [0.1, 0.15) is 0 Å². The molecule has 0 radical (unpaired) electrons. The lowest BCUT2D eigenvalue weighted by Gasteiger charge is -2.29. The number of halogens is 1. The minimum atomic E-state index is -0.0554. The molecular weight excluding hydrogens is 228 g/mol. The number of carbonyl (C=O) groups is 1. The molecule has 1 saturated heterocycles. The average molecular weight is 251 g/mol. The van der Waals surface area contributed by atoms with Crippen LogP contribution in [0.15, 0.2) is 0 Å². The lowest BCUT2D eigenvalue weighted by atomic mass is 10.00. The number of carbonyl (C=O) groups excluding carboxylic acids is 1. The zero-order valence-corrected chi connectivity index (χ0v) is 11.1. The Morgan fingerprint density at radius 1 is 1.62 bits per heavy atom. The van der Waals surface area contributed by atoms with E-state index in [4.69, 9.17) is 4.74 Å². The number of piperidine rings is 1. The molecule has 0 aromatic rings. The lowest BCUT2D eigenvalue weighted by molar-refractivity contribution is -0.126. The molecule has 1 heterocycles. The maximum atomic E-state index is 11.7. The minimum Gasteiger partial charge on any atom is -0.384 e. The Hall–Kier alpha value is -0.320. The quantitative estimate of drug-likeness (QED) is 0.781. The van der Waals surface area contributed by atoms with Crippen LogP contribution in [0.5, 0.6) is 0 Å². The van der Waals surface area contributed by atoms with E-state index in [9.17, 15) is 4.79 Å². The lowest BCUT2D eigenvalue weighted by Crippen LogP contribution is -2.48. The molecule has 4 nitrogen and oxygen atoms in total. The molecule has 5 heteroatoms. The molecule has 96 valence electrons. The van der Waals surface area contributed by atoms with Crippen LogP contribution in [0.2, 0.25) is 0 Å². The Labute approximate surface area is 104 Å². The zero-order chi connectivity index (χ0) is 11.3. The van der Waals surface area contributed by atoms with Crippen molar-refractivity contribution in [3.8, 4) is 0 Å². The summed E-state index contributed by atoms with van der Waals surface area (Å²) >= 11 is 0. The molecule has 1 rings (SSSR count). The summed E-state index contributed by atoms with van der Waals surface area (Å²) in [5.41, 5.74) is 0. The molecular formula is C11H23ClN2O2. The van der Waals surface area contributed by atoms with Gasteiger partial charge < -0.3 is 15.4 Å². The van der Waals surface area contributed by atoms with Gasteiger partial charge in [0.15, 0.2) is 0 Å². The molecule has 16 heavy (non-hydrogen) atoms. The van der Waals surface area contributed by atoms with Gasteiger partial charge in [-0.1, -0.05) is 6.92 Å². The third-order valence-electron chi connectivity index (χ3n) is 2.83. The number of hydrogen-bond acceptors (Lipinski definition) is 3. The topological polar surface area (TPSA) is 50.4 Å². The standard InChI is InChI=1S/C11H22N2O2.ClH/c1-8(7-15-3)11(14)13-10-4-5-12-9(2)6-10;/h8-10,12H,4-7H2,1-3H3,(H,13,14);1H. The van der Waals surface area contributed by atoms with Crippen LogP contribution in [0, 0.1) is 5.92 Å². The Bertz CT molecular complexity index is 214. The molecule has 0 saturated carbocycles. The van der Waals surface area contributed by atoms with Crippen molar-refractivity contribution in [2.24, 2.45) is 5.92 Å². The van der Waals surface area contributed by atoms with Crippen molar-refractivity contribution >= 4 is 18.3 Å². The van der Waals surface area contributed by atoms with Gasteiger partial charge in [0.25, 0.3) is 0 Å². The van der Waals surface area contributed by atoms with Crippen molar-refractivity contribution in [2.75, 3.05) is 20.3 Å². The van der Waals surface area contributed by atoms with Crippen LogP contribution in [0.25, 0.3) is 0 Å². The molecule has 3 unspecified atom stereocenters. The summed E-state index contributed by atoms with van der Waals surface area (Å²) < 4.78 is 4.96. The van der Waals surface area contributed by atoms with Gasteiger partial charge in [-0.2, -0.15) is 0 Å². The van der Waals surface area contributed by atoms with Crippen LogP contribution < -0.4 is 10.6 Å². The highest BCUT2D eigenvalue weighted by molar-refractivity contribution is 5.85. The molecule has 1 aliphatic rings. The first-order valence-electron chi connectivity index (χ1n) is 5.66. The molecule has 0 aromatic carbocycles. The first-order valence-corrected chi connectivity index (χ1v) is 5.66. The molecule has 1 amide bonds. The highest BCUT2D eigenvalue weighted by Gasteiger charge is 2.22. The third kappa shape index (κ3) is 5.14. The highest BCUT2D eigenvalue weighted by Crippen LogP contribution is 2.09. The Morgan fingerprint density at radius 3 is 2.88 bits per heavy atom. The van der Waals surface area contributed by atoms with Crippen molar-refractivity contribution in [2.45, 2.75) is 38.8 Å². The van der Waals surface area contributed by atoms with Gasteiger partial charge in [0.2, 0.25) is 5.91 Å². The minimum absolute atomic E-state index is 0. The van der Waals surface area contributed by atoms with Crippen molar-refractivity contribution in [3.63, 3.8) is 0 Å². The maximum Gasteiger partial charge on any atom is 0.225 e. The predicted octanol–water partition coefficient (Wildman–Crippen LogP) is 0.947. The van der Waals surface area contributed by atoms with Gasteiger partial charge >= 0.3 is 0 Å². The highest BCUT2D eigenvalue weighted by atomic mass is 35.5. The number of ether oxygens (including phenoxy) is 1. The van der Waals surface area contributed by atoms with Gasteiger partial charge in [-0.05, 0) is 26.3 Å². The van der Waals surface area contributed by atoms with Crippen LogP contribution >= 0.6 is 12.4 Å². The monoisotopic (exact) mass is 250 g/mol. The van der Waals surface area contributed by atoms with Crippen LogP contribution in [0.1, 0.15) is 26.7 Å². The summed E-state index contributed by atoms with van der Waals surface area (Å²) in [4.78, 5) is 11.7. The average Bonchev–Trinajstić information content (AvgIpc) is 2.18. The van der Waals surface area contributed by atoms with Crippen molar-refractivity contribution in [3.05, 3.63) is 0 Å². The zero-order valence-electron chi connectivity index (χ0n) is 10.3. The summed E-state index contributed by atoms with van der Waals surface area (Å²) in [6.45, 7) is 5.53. The normalized spacial score (nSPS) is 26.7. The number of nitrogens with one attached hydrogen (secondary N) is 2. The second kappa shape index (κ2) is 7.87. The fraction of sp³-hybridized carbons (Fsp3) is 0.909. The van der Waals surface area contributed by atoms with Gasteiger partial charge in [-0.3, -0.25) is 4.79 Å². The van der Waals surface area contributed by atoms with E-state index in [-0.39, 0.29) is 24.2 Å². The predicted molar refractivity (Wildman–Crippen MR) is 66.9 cm³/mol. The fourth-order valence-corrected chi connectivity index (χ4v) is 1.93. The summed E-state index contributed by atoms with van der Waals surface area (Å²) in [7, 11) is 1.62. The molecule has 2 N–H and O–H groups in total. The summed E-state index contributed by atoms with van der Waals surface area (Å²) in [6, 6.07) is 0.829. The van der Waals surface area contributed by atoms with Gasteiger partial charge in [-0.15, -0.1) is 12.4 Å². The van der Waals surface area contributed by atoms with E-state index in [0.29, 0.717) is 18.7 Å². The Kier molecular flexibility index (Phi) is 7.72. The van der Waals surface area contributed by atoms with E-state index in [1.807, 2.05) is 6.92 Å². The molecule has 1 aliphatic heterocycles.